The minimum absolute atomic E-state index is 0.0853. The van der Waals surface area contributed by atoms with Crippen molar-refractivity contribution in [2.75, 3.05) is 18.5 Å². The fraction of sp³-hybridized carbons (Fsp3) is 0.240. The smallest absolute Gasteiger partial charge is 0.233 e. The molecule has 0 aliphatic carbocycles. The molecule has 0 saturated carbocycles. The van der Waals surface area contributed by atoms with E-state index in [1.165, 1.54) is 0 Å². The molecule has 0 amide bonds. The number of rotatable bonds is 5. The molecule has 1 aliphatic rings. The molecule has 32 heavy (non-hydrogen) atoms. The number of aromatic nitrogens is 1. The van der Waals surface area contributed by atoms with Crippen LogP contribution in [0.4, 0.5) is 5.88 Å². The number of nitrogens with one attached hydrogen (secondary N) is 1. The number of hydrogen-bond acceptors (Lipinski definition) is 7. The molecule has 0 radical (unpaired) electrons. The molecule has 7 heteroatoms. The number of oxazole rings is 1. The zero-order valence-electron chi connectivity index (χ0n) is 17.6. The van der Waals surface area contributed by atoms with Gasteiger partial charge >= 0.3 is 0 Å². The van der Waals surface area contributed by atoms with Gasteiger partial charge in [0.15, 0.2) is 11.0 Å². The average molecular weight is 427 g/mol. The molecule has 2 aromatic carbocycles. The van der Waals surface area contributed by atoms with E-state index in [1.807, 2.05) is 30.3 Å². The molecular formula is C25H21N3O4. The van der Waals surface area contributed by atoms with Gasteiger partial charge in [-0.05, 0) is 31.9 Å². The van der Waals surface area contributed by atoms with E-state index >= 15 is 0 Å². The fourth-order valence-electron chi connectivity index (χ4n) is 3.99. The Hall–Kier alpha value is -3.89. The Labute approximate surface area is 184 Å². The maximum absolute atomic E-state index is 13.1. The highest BCUT2D eigenvalue weighted by molar-refractivity contribution is 5.91. The first kappa shape index (κ1) is 20.0. The molecule has 1 aliphatic heterocycles. The third kappa shape index (κ3) is 3.55. The highest BCUT2D eigenvalue weighted by Crippen LogP contribution is 2.33. The molecule has 0 unspecified atom stereocenters. The molecule has 1 N–H and O–H groups in total. The zero-order chi connectivity index (χ0) is 22.1. The van der Waals surface area contributed by atoms with Crippen LogP contribution >= 0.6 is 0 Å². The van der Waals surface area contributed by atoms with E-state index < -0.39 is 0 Å². The summed E-state index contributed by atoms with van der Waals surface area (Å²) >= 11 is 0. The van der Waals surface area contributed by atoms with Gasteiger partial charge in [0.25, 0.3) is 0 Å². The predicted octanol–water partition coefficient (Wildman–Crippen LogP) is 4.89. The summed E-state index contributed by atoms with van der Waals surface area (Å²) in [4.78, 5) is 17.4. The standard InChI is InChI=1S/C25H21N3O4/c1-15-21(29)18-10-5-11-19(23(18)31-22(15)16-7-3-2-4-8-16)24-28-20(13-26)25(32-24)27-14-17-9-6-12-30-17/h2-5,7-8,10-11,17,27H,6,9,12,14H2,1H3/t17-/m0/s1. The Kier molecular flexibility index (Phi) is 5.21. The minimum atomic E-state index is -0.115. The number of fused-ring (bicyclic) bond motifs is 1. The molecule has 3 heterocycles. The van der Waals surface area contributed by atoms with Crippen molar-refractivity contribution < 1.29 is 13.6 Å². The van der Waals surface area contributed by atoms with Crippen molar-refractivity contribution in [3.63, 3.8) is 0 Å². The number of ether oxygens (including phenoxy) is 1. The van der Waals surface area contributed by atoms with E-state index in [1.54, 1.807) is 25.1 Å². The van der Waals surface area contributed by atoms with Crippen LogP contribution in [-0.4, -0.2) is 24.2 Å². The largest absolute Gasteiger partial charge is 0.455 e. The van der Waals surface area contributed by atoms with E-state index in [9.17, 15) is 10.1 Å². The highest BCUT2D eigenvalue weighted by atomic mass is 16.5. The normalized spacial score (nSPS) is 15.7. The van der Waals surface area contributed by atoms with Crippen LogP contribution in [-0.2, 0) is 4.74 Å². The summed E-state index contributed by atoms with van der Waals surface area (Å²) in [6.45, 7) is 3.04. The molecular weight excluding hydrogens is 406 g/mol. The van der Waals surface area contributed by atoms with E-state index in [2.05, 4.69) is 16.4 Å². The van der Waals surface area contributed by atoms with Crippen LogP contribution in [0, 0.1) is 18.3 Å². The number of nitriles is 1. The zero-order valence-corrected chi connectivity index (χ0v) is 17.6. The lowest BCUT2D eigenvalue weighted by molar-refractivity contribution is 0.120. The first-order chi connectivity index (χ1) is 15.7. The second-order valence-corrected chi connectivity index (χ2v) is 7.76. The molecule has 5 rings (SSSR count). The van der Waals surface area contributed by atoms with E-state index in [-0.39, 0.29) is 29.0 Å². The summed E-state index contributed by atoms with van der Waals surface area (Å²) in [6, 6.07) is 16.8. The molecule has 7 nitrogen and oxygen atoms in total. The highest BCUT2D eigenvalue weighted by Gasteiger charge is 2.22. The van der Waals surface area contributed by atoms with Gasteiger partial charge in [0.05, 0.1) is 17.1 Å². The summed E-state index contributed by atoms with van der Waals surface area (Å²) in [5.41, 5.74) is 2.26. The van der Waals surface area contributed by atoms with Gasteiger partial charge in [0.2, 0.25) is 17.5 Å². The number of anilines is 1. The third-order valence-corrected chi connectivity index (χ3v) is 5.66. The van der Waals surface area contributed by atoms with E-state index in [4.69, 9.17) is 13.6 Å². The lowest BCUT2D eigenvalue weighted by atomic mass is 10.0. The number of para-hydroxylation sites is 1. The summed E-state index contributed by atoms with van der Waals surface area (Å²) in [5.74, 6) is 1.00. The maximum Gasteiger partial charge on any atom is 0.233 e. The summed E-state index contributed by atoms with van der Waals surface area (Å²) < 4.78 is 17.8. The minimum Gasteiger partial charge on any atom is -0.455 e. The molecule has 4 aromatic rings. The quantitative estimate of drug-likeness (QED) is 0.484. The van der Waals surface area contributed by atoms with Crippen LogP contribution in [0.25, 0.3) is 33.7 Å². The van der Waals surface area contributed by atoms with Crippen molar-refractivity contribution in [3.8, 4) is 28.8 Å². The van der Waals surface area contributed by atoms with Gasteiger partial charge in [0, 0.05) is 24.3 Å². The third-order valence-electron chi connectivity index (χ3n) is 5.66. The van der Waals surface area contributed by atoms with Crippen molar-refractivity contribution >= 4 is 16.9 Å². The second kappa shape index (κ2) is 8.33. The number of nitrogens with zero attached hydrogens (tertiary/aromatic N) is 2. The van der Waals surface area contributed by atoms with Crippen molar-refractivity contribution in [1.29, 1.82) is 5.26 Å². The van der Waals surface area contributed by atoms with Crippen molar-refractivity contribution in [1.82, 2.24) is 4.98 Å². The van der Waals surface area contributed by atoms with Gasteiger partial charge in [-0.2, -0.15) is 10.2 Å². The summed E-state index contributed by atoms with van der Waals surface area (Å²) in [7, 11) is 0. The Morgan fingerprint density at radius 3 is 2.75 bits per heavy atom. The van der Waals surface area contributed by atoms with Gasteiger partial charge in [0.1, 0.15) is 11.8 Å². The Morgan fingerprint density at radius 1 is 1.16 bits per heavy atom. The van der Waals surface area contributed by atoms with Crippen LogP contribution in [0.2, 0.25) is 0 Å². The topological polar surface area (TPSA) is 101 Å². The lowest BCUT2D eigenvalue weighted by Gasteiger charge is -2.10. The summed E-state index contributed by atoms with van der Waals surface area (Å²) in [6.07, 6.45) is 2.07. The maximum atomic E-state index is 13.1. The van der Waals surface area contributed by atoms with Crippen LogP contribution in [0.1, 0.15) is 24.1 Å². The molecule has 0 spiro atoms. The molecule has 1 atom stereocenters. The van der Waals surface area contributed by atoms with E-state index in [0.29, 0.717) is 34.4 Å². The Balaban J connectivity index is 1.61. The Bertz CT molecular complexity index is 1380. The molecule has 160 valence electrons. The van der Waals surface area contributed by atoms with Crippen LogP contribution in [0.15, 0.2) is 62.2 Å². The van der Waals surface area contributed by atoms with Crippen LogP contribution in [0.5, 0.6) is 0 Å². The first-order valence-electron chi connectivity index (χ1n) is 10.5. The lowest BCUT2D eigenvalue weighted by Crippen LogP contribution is -2.18. The first-order valence-corrected chi connectivity index (χ1v) is 10.5. The number of hydrogen-bond donors (Lipinski definition) is 1. The SMILES string of the molecule is Cc1c(-c2ccccc2)oc2c(-c3nc(C#N)c(NC[C@@H]4CCCO4)o3)cccc2c1=O. The molecule has 0 bridgehead atoms. The van der Waals surface area contributed by atoms with Crippen molar-refractivity contribution in [2.45, 2.75) is 25.9 Å². The fourth-order valence-corrected chi connectivity index (χ4v) is 3.99. The van der Waals surface area contributed by atoms with Crippen LogP contribution in [0.3, 0.4) is 0 Å². The average Bonchev–Trinajstić information content (AvgIpc) is 3.50. The van der Waals surface area contributed by atoms with Crippen molar-refractivity contribution in [2.24, 2.45) is 0 Å². The van der Waals surface area contributed by atoms with E-state index in [0.717, 1.165) is 25.0 Å². The van der Waals surface area contributed by atoms with Gasteiger partial charge in [-0.15, -0.1) is 0 Å². The van der Waals surface area contributed by atoms with Gasteiger partial charge in [-0.3, -0.25) is 4.79 Å². The molecule has 1 fully saturated rings. The van der Waals surface area contributed by atoms with Crippen LogP contribution < -0.4 is 10.7 Å². The summed E-state index contributed by atoms with van der Waals surface area (Å²) in [5, 5.41) is 13.1. The van der Waals surface area contributed by atoms with Gasteiger partial charge in [-0.25, -0.2) is 0 Å². The predicted molar refractivity (Wildman–Crippen MR) is 120 cm³/mol. The van der Waals surface area contributed by atoms with Gasteiger partial charge < -0.3 is 18.9 Å². The second-order valence-electron chi connectivity index (χ2n) is 7.76. The van der Waals surface area contributed by atoms with Crippen molar-refractivity contribution in [3.05, 3.63) is 70.0 Å². The number of benzene rings is 2. The van der Waals surface area contributed by atoms with Gasteiger partial charge in [-0.1, -0.05) is 36.4 Å². The Morgan fingerprint density at radius 2 is 2.00 bits per heavy atom. The molecule has 1 saturated heterocycles. The monoisotopic (exact) mass is 427 g/mol. The molecule has 2 aromatic heterocycles.